The summed E-state index contributed by atoms with van der Waals surface area (Å²) in [6.45, 7) is 3.48. The van der Waals surface area contributed by atoms with Crippen molar-refractivity contribution in [3.05, 3.63) is 36.4 Å². The molecule has 1 aliphatic carbocycles. The van der Waals surface area contributed by atoms with E-state index in [2.05, 4.69) is 12.2 Å². The molecule has 5 heteroatoms. The number of allylic oxidation sites excluding steroid dienone is 2. The largest absolute Gasteiger partial charge is 0.504 e. The topological polar surface area (TPSA) is 49.8 Å². The summed E-state index contributed by atoms with van der Waals surface area (Å²) in [5.41, 5.74) is 0. The Bertz CT molecular complexity index is 663. The van der Waals surface area contributed by atoms with Crippen LogP contribution in [-0.4, -0.2) is 46.6 Å². The molecule has 1 saturated heterocycles. The minimum Gasteiger partial charge on any atom is -0.504 e. The molecular formula is C23H33NO3S. The number of ether oxygens (including phenoxy) is 1. The number of amides is 1. The van der Waals surface area contributed by atoms with Crippen molar-refractivity contribution in [1.29, 1.82) is 0 Å². The lowest BCUT2D eigenvalue weighted by Gasteiger charge is -2.26. The summed E-state index contributed by atoms with van der Waals surface area (Å²) in [4.78, 5) is 14.5. The van der Waals surface area contributed by atoms with E-state index >= 15 is 0 Å². The Kier molecular flexibility index (Phi) is 8.13. The summed E-state index contributed by atoms with van der Waals surface area (Å²) >= 11 is 2.04. The zero-order chi connectivity index (χ0) is 19.8. The van der Waals surface area contributed by atoms with E-state index in [1.54, 1.807) is 24.3 Å². The predicted molar refractivity (Wildman–Crippen MR) is 116 cm³/mol. The zero-order valence-corrected chi connectivity index (χ0v) is 17.7. The van der Waals surface area contributed by atoms with Gasteiger partial charge in [0.2, 0.25) is 0 Å². The average molecular weight is 404 g/mol. The van der Waals surface area contributed by atoms with Crippen LogP contribution in [0.2, 0.25) is 0 Å². The van der Waals surface area contributed by atoms with Gasteiger partial charge in [0, 0.05) is 18.3 Å². The highest BCUT2D eigenvalue weighted by Gasteiger charge is 2.32. The summed E-state index contributed by atoms with van der Waals surface area (Å²) < 4.78 is 5.53. The van der Waals surface area contributed by atoms with E-state index in [-0.39, 0.29) is 18.3 Å². The van der Waals surface area contributed by atoms with Crippen LogP contribution in [0.15, 0.2) is 36.4 Å². The highest BCUT2D eigenvalue weighted by Crippen LogP contribution is 2.40. The maximum Gasteiger partial charge on any atom is 0.260 e. The van der Waals surface area contributed by atoms with Gasteiger partial charge in [0.05, 0.1) is 0 Å². The number of aromatic hydroxyl groups is 1. The van der Waals surface area contributed by atoms with Gasteiger partial charge in [0.1, 0.15) is 0 Å². The molecule has 1 aromatic rings. The van der Waals surface area contributed by atoms with Gasteiger partial charge >= 0.3 is 0 Å². The van der Waals surface area contributed by atoms with Crippen LogP contribution in [0.5, 0.6) is 11.5 Å². The molecule has 1 amide bonds. The molecule has 1 aromatic carbocycles. The highest BCUT2D eigenvalue weighted by molar-refractivity contribution is 8.00. The molecule has 154 valence electrons. The van der Waals surface area contributed by atoms with Crippen molar-refractivity contribution < 1.29 is 14.6 Å². The number of hydrogen-bond donors (Lipinski definition) is 1. The summed E-state index contributed by atoms with van der Waals surface area (Å²) in [6, 6.07) is 6.77. The van der Waals surface area contributed by atoms with Crippen LogP contribution in [0.1, 0.15) is 45.4 Å². The average Bonchev–Trinajstić information content (AvgIpc) is 3.13. The monoisotopic (exact) mass is 403 g/mol. The Balaban J connectivity index is 1.47. The van der Waals surface area contributed by atoms with Crippen molar-refractivity contribution in [2.45, 2.75) is 50.7 Å². The van der Waals surface area contributed by atoms with Gasteiger partial charge in [-0.1, -0.05) is 30.7 Å². The first-order valence-corrected chi connectivity index (χ1v) is 11.7. The van der Waals surface area contributed by atoms with Crippen LogP contribution in [0.4, 0.5) is 0 Å². The highest BCUT2D eigenvalue weighted by atomic mass is 32.2. The van der Waals surface area contributed by atoms with E-state index in [1.807, 2.05) is 23.6 Å². The van der Waals surface area contributed by atoms with Crippen molar-refractivity contribution in [3.63, 3.8) is 0 Å². The van der Waals surface area contributed by atoms with Gasteiger partial charge in [-0.25, -0.2) is 0 Å². The molecule has 1 aliphatic heterocycles. The van der Waals surface area contributed by atoms with E-state index in [4.69, 9.17) is 4.74 Å². The Morgan fingerprint density at radius 3 is 2.93 bits per heavy atom. The van der Waals surface area contributed by atoms with E-state index < -0.39 is 0 Å². The van der Waals surface area contributed by atoms with Crippen molar-refractivity contribution in [2.75, 3.05) is 25.4 Å². The molecule has 3 atom stereocenters. The van der Waals surface area contributed by atoms with Crippen LogP contribution in [0.3, 0.4) is 0 Å². The first-order chi connectivity index (χ1) is 13.7. The SMILES string of the molecule is CCN(CC1CC([C@H]2C/C=C\CCCC2)CS1)C(=O)COc1ccccc1O. The fraction of sp³-hybridized carbons (Fsp3) is 0.609. The number of benzene rings is 1. The molecule has 1 fully saturated rings. The second kappa shape index (κ2) is 10.8. The van der Waals surface area contributed by atoms with E-state index in [9.17, 15) is 9.90 Å². The fourth-order valence-corrected chi connectivity index (χ4v) is 5.85. The van der Waals surface area contributed by atoms with Gasteiger partial charge in [-0.2, -0.15) is 11.8 Å². The Hall–Kier alpha value is -1.62. The van der Waals surface area contributed by atoms with Crippen molar-refractivity contribution in [1.82, 2.24) is 4.90 Å². The summed E-state index contributed by atoms with van der Waals surface area (Å²) in [5.74, 6) is 3.24. The lowest BCUT2D eigenvalue weighted by atomic mass is 9.82. The number of hydrogen-bond acceptors (Lipinski definition) is 4. The summed E-state index contributed by atoms with van der Waals surface area (Å²) in [7, 11) is 0. The van der Waals surface area contributed by atoms with Crippen LogP contribution in [0.25, 0.3) is 0 Å². The van der Waals surface area contributed by atoms with E-state index in [1.165, 1.54) is 44.3 Å². The summed E-state index contributed by atoms with van der Waals surface area (Å²) in [5, 5.41) is 10.3. The molecule has 0 bridgehead atoms. The number of nitrogens with zero attached hydrogens (tertiary/aromatic N) is 1. The maximum atomic E-state index is 12.6. The van der Waals surface area contributed by atoms with Crippen molar-refractivity contribution >= 4 is 17.7 Å². The molecule has 0 radical (unpaired) electrons. The predicted octanol–water partition coefficient (Wildman–Crippen LogP) is 4.88. The number of rotatable bonds is 7. The number of thioether (sulfide) groups is 1. The van der Waals surface area contributed by atoms with Crippen LogP contribution >= 0.6 is 11.8 Å². The number of para-hydroxylation sites is 2. The van der Waals surface area contributed by atoms with Crippen LogP contribution < -0.4 is 4.74 Å². The molecular weight excluding hydrogens is 370 g/mol. The third kappa shape index (κ3) is 5.94. The van der Waals surface area contributed by atoms with Crippen LogP contribution in [-0.2, 0) is 4.79 Å². The Morgan fingerprint density at radius 1 is 1.25 bits per heavy atom. The molecule has 1 heterocycles. The molecule has 2 unspecified atom stereocenters. The molecule has 0 saturated carbocycles. The van der Waals surface area contributed by atoms with Gasteiger partial charge in [-0.3, -0.25) is 4.79 Å². The van der Waals surface area contributed by atoms with Gasteiger partial charge in [0.15, 0.2) is 18.1 Å². The fourth-order valence-electron chi connectivity index (χ4n) is 4.26. The Labute approximate surface area is 173 Å². The molecule has 28 heavy (non-hydrogen) atoms. The zero-order valence-electron chi connectivity index (χ0n) is 16.9. The first-order valence-electron chi connectivity index (χ1n) is 10.6. The standard InChI is InChI=1S/C23H33NO3S/c1-2-24(23(26)16-27-22-13-9-8-12-21(22)25)15-20-14-19(17-28-20)18-10-6-4-3-5-7-11-18/h4,6,8-9,12-13,18-20,25H,2-3,5,7,10-11,14-17H2,1H3/b6-4-/t18-,19?,20?/m0/s1. The van der Waals surface area contributed by atoms with Gasteiger partial charge < -0.3 is 14.7 Å². The maximum absolute atomic E-state index is 12.6. The number of phenolic OH excluding ortho intramolecular Hbond substituents is 1. The molecule has 0 spiro atoms. The normalized spacial score (nSPS) is 26.2. The lowest BCUT2D eigenvalue weighted by molar-refractivity contribution is -0.133. The molecule has 4 nitrogen and oxygen atoms in total. The van der Waals surface area contributed by atoms with E-state index in [0.29, 0.717) is 17.5 Å². The minimum absolute atomic E-state index is 0.0105. The Morgan fingerprint density at radius 2 is 2.11 bits per heavy atom. The molecule has 3 rings (SSSR count). The van der Waals surface area contributed by atoms with Gasteiger partial charge in [-0.15, -0.1) is 0 Å². The van der Waals surface area contributed by atoms with E-state index in [0.717, 1.165) is 18.4 Å². The quantitative estimate of drug-likeness (QED) is 0.660. The second-order valence-corrected chi connectivity index (χ2v) is 9.22. The number of carbonyl (C=O) groups is 1. The van der Waals surface area contributed by atoms with Crippen LogP contribution in [0, 0.1) is 11.8 Å². The number of likely N-dealkylation sites (N-methyl/N-ethyl adjacent to an activating group) is 1. The smallest absolute Gasteiger partial charge is 0.260 e. The first kappa shape index (κ1) is 21.1. The molecule has 1 N–H and O–H groups in total. The minimum atomic E-state index is -0.0281. The third-order valence-corrected chi connectivity index (χ3v) is 7.39. The third-order valence-electron chi connectivity index (χ3n) is 5.95. The number of carbonyl (C=O) groups excluding carboxylic acids is 1. The summed E-state index contributed by atoms with van der Waals surface area (Å²) in [6.07, 6.45) is 12.5. The molecule has 2 aliphatic rings. The van der Waals surface area contributed by atoms with Crippen molar-refractivity contribution in [3.8, 4) is 11.5 Å². The molecule has 0 aromatic heterocycles. The van der Waals surface area contributed by atoms with Gasteiger partial charge in [-0.05, 0) is 68.7 Å². The number of phenols is 1. The lowest BCUT2D eigenvalue weighted by Crippen LogP contribution is -2.39. The van der Waals surface area contributed by atoms with Gasteiger partial charge in [0.25, 0.3) is 5.91 Å². The second-order valence-electron chi connectivity index (χ2n) is 7.89. The van der Waals surface area contributed by atoms with Crippen molar-refractivity contribution in [2.24, 2.45) is 11.8 Å².